The van der Waals surface area contributed by atoms with E-state index in [4.69, 9.17) is 14.2 Å². The molecule has 0 aliphatic heterocycles. The van der Waals surface area contributed by atoms with Gasteiger partial charge in [-0.15, -0.1) is 0 Å². The predicted molar refractivity (Wildman–Crippen MR) is 118 cm³/mol. The highest BCUT2D eigenvalue weighted by atomic mass is 16.5. The van der Waals surface area contributed by atoms with Gasteiger partial charge in [0.05, 0.1) is 6.61 Å². The third kappa shape index (κ3) is 6.87. The van der Waals surface area contributed by atoms with Crippen LogP contribution in [0.15, 0.2) is 28.8 Å². The molecule has 0 bridgehead atoms. The molecule has 1 fully saturated rings. The van der Waals surface area contributed by atoms with Crippen molar-refractivity contribution < 1.29 is 9.26 Å². The number of unbranched alkanes of at least 4 members (excludes halogenated alkanes) is 5. The zero-order valence-corrected chi connectivity index (χ0v) is 18.4. The molecule has 160 valence electrons. The van der Waals surface area contributed by atoms with Crippen molar-refractivity contribution in [3.8, 4) is 17.2 Å². The number of hydrogen-bond donors (Lipinski definition) is 0. The van der Waals surface area contributed by atoms with Crippen molar-refractivity contribution in [2.24, 2.45) is 5.92 Å². The minimum absolute atomic E-state index is 0.459. The van der Waals surface area contributed by atoms with Gasteiger partial charge in [-0.05, 0) is 62.3 Å². The summed E-state index contributed by atoms with van der Waals surface area (Å²) in [6.45, 7) is 5.30. The smallest absolute Gasteiger partial charge is 0.257 e. The second-order valence-electron chi connectivity index (χ2n) is 8.60. The van der Waals surface area contributed by atoms with E-state index in [0.717, 1.165) is 36.1 Å². The van der Waals surface area contributed by atoms with Crippen molar-refractivity contribution in [3.63, 3.8) is 0 Å². The molecule has 0 radical (unpaired) electrons. The van der Waals surface area contributed by atoms with Crippen molar-refractivity contribution in [2.45, 2.75) is 96.8 Å². The standard InChI is InChI=1S/C25H38N2O2/c1-3-5-7-8-9-19-28-23-17-15-22(16-18-23)25-26-24(27-29-25)21-13-11-20(12-14-21)10-6-4-2/h15-18,20-21H,3-14,19H2,1-2H3. The molecule has 0 amide bonds. The molecule has 0 unspecified atom stereocenters. The van der Waals surface area contributed by atoms with Gasteiger partial charge in [0, 0.05) is 11.5 Å². The largest absolute Gasteiger partial charge is 0.494 e. The van der Waals surface area contributed by atoms with Crippen LogP contribution >= 0.6 is 0 Å². The fourth-order valence-electron chi connectivity index (χ4n) is 4.31. The molecule has 0 atom stereocenters. The van der Waals surface area contributed by atoms with E-state index in [2.05, 4.69) is 19.0 Å². The second-order valence-corrected chi connectivity index (χ2v) is 8.60. The average Bonchev–Trinajstić information content (AvgIpc) is 3.26. The summed E-state index contributed by atoms with van der Waals surface area (Å²) < 4.78 is 11.4. The van der Waals surface area contributed by atoms with E-state index in [1.54, 1.807) is 0 Å². The summed E-state index contributed by atoms with van der Waals surface area (Å²) in [6, 6.07) is 8.05. The summed E-state index contributed by atoms with van der Waals surface area (Å²) in [5.74, 6) is 3.78. The van der Waals surface area contributed by atoms with Gasteiger partial charge in [-0.25, -0.2) is 0 Å². The van der Waals surface area contributed by atoms with Crippen molar-refractivity contribution in [1.29, 1.82) is 0 Å². The molecule has 0 spiro atoms. The van der Waals surface area contributed by atoms with Crippen LogP contribution in [0, 0.1) is 5.92 Å². The Balaban J connectivity index is 1.45. The number of benzene rings is 1. The minimum atomic E-state index is 0.459. The van der Waals surface area contributed by atoms with Crippen molar-refractivity contribution in [1.82, 2.24) is 10.1 Å². The number of rotatable bonds is 12. The fourth-order valence-corrected chi connectivity index (χ4v) is 4.31. The molecule has 0 saturated heterocycles. The molecule has 2 aromatic rings. The van der Waals surface area contributed by atoms with E-state index in [-0.39, 0.29) is 0 Å². The molecular weight excluding hydrogens is 360 g/mol. The second kappa shape index (κ2) is 12.0. The van der Waals surface area contributed by atoms with Crippen LogP contribution in [0.4, 0.5) is 0 Å². The Kier molecular flexibility index (Phi) is 9.04. The van der Waals surface area contributed by atoms with Gasteiger partial charge >= 0.3 is 0 Å². The van der Waals surface area contributed by atoms with Crippen molar-refractivity contribution in [2.75, 3.05) is 6.61 Å². The molecule has 1 aromatic carbocycles. The lowest BCUT2D eigenvalue weighted by molar-refractivity contribution is 0.293. The Labute approximate surface area is 176 Å². The molecule has 1 aliphatic rings. The number of hydrogen-bond acceptors (Lipinski definition) is 4. The first-order valence-corrected chi connectivity index (χ1v) is 11.9. The lowest BCUT2D eigenvalue weighted by Gasteiger charge is -2.26. The Bertz CT molecular complexity index is 687. The van der Waals surface area contributed by atoms with Crippen LogP contribution in [0.1, 0.15) is 103 Å². The zero-order valence-electron chi connectivity index (χ0n) is 18.4. The first kappa shape index (κ1) is 21.9. The number of nitrogens with zero attached hydrogens (tertiary/aromatic N) is 2. The maximum atomic E-state index is 5.85. The zero-order chi connectivity index (χ0) is 20.3. The monoisotopic (exact) mass is 398 g/mol. The highest BCUT2D eigenvalue weighted by molar-refractivity contribution is 5.54. The van der Waals surface area contributed by atoms with Crippen LogP contribution in [0.3, 0.4) is 0 Å². The van der Waals surface area contributed by atoms with E-state index in [0.29, 0.717) is 11.8 Å². The van der Waals surface area contributed by atoms with Crippen LogP contribution in [-0.2, 0) is 0 Å². The predicted octanol–water partition coefficient (Wildman–Crippen LogP) is 7.55. The number of aromatic nitrogens is 2. The quantitative estimate of drug-likeness (QED) is 0.346. The minimum Gasteiger partial charge on any atom is -0.494 e. The van der Waals surface area contributed by atoms with Crippen LogP contribution in [-0.4, -0.2) is 16.7 Å². The van der Waals surface area contributed by atoms with Gasteiger partial charge in [-0.2, -0.15) is 4.98 Å². The lowest BCUT2D eigenvalue weighted by Crippen LogP contribution is -2.14. The summed E-state index contributed by atoms with van der Waals surface area (Å²) in [7, 11) is 0. The van der Waals surface area contributed by atoms with Crippen LogP contribution in [0.2, 0.25) is 0 Å². The molecule has 1 aliphatic carbocycles. The van der Waals surface area contributed by atoms with Crippen molar-refractivity contribution >= 4 is 0 Å². The number of ether oxygens (including phenoxy) is 1. The summed E-state index contributed by atoms with van der Waals surface area (Å²) in [5, 5.41) is 4.29. The van der Waals surface area contributed by atoms with Crippen LogP contribution in [0.25, 0.3) is 11.5 Å². The van der Waals surface area contributed by atoms with Gasteiger partial charge < -0.3 is 9.26 Å². The molecule has 0 N–H and O–H groups in total. The van der Waals surface area contributed by atoms with Gasteiger partial charge in [-0.1, -0.05) is 63.9 Å². The van der Waals surface area contributed by atoms with Gasteiger partial charge in [0.2, 0.25) is 0 Å². The summed E-state index contributed by atoms with van der Waals surface area (Å²) in [4.78, 5) is 4.71. The lowest BCUT2D eigenvalue weighted by atomic mass is 9.79. The Morgan fingerprint density at radius 3 is 2.34 bits per heavy atom. The molecular formula is C25H38N2O2. The third-order valence-corrected chi connectivity index (χ3v) is 6.24. The molecule has 1 aromatic heterocycles. The summed E-state index contributed by atoms with van der Waals surface area (Å²) >= 11 is 0. The average molecular weight is 399 g/mol. The maximum absolute atomic E-state index is 5.85. The Morgan fingerprint density at radius 1 is 0.897 bits per heavy atom. The molecule has 29 heavy (non-hydrogen) atoms. The van der Waals surface area contributed by atoms with Gasteiger partial charge in [-0.3, -0.25) is 0 Å². The molecule has 4 nitrogen and oxygen atoms in total. The van der Waals surface area contributed by atoms with Gasteiger partial charge in [0.25, 0.3) is 5.89 Å². The van der Waals surface area contributed by atoms with Gasteiger partial charge in [0.1, 0.15) is 5.75 Å². The van der Waals surface area contributed by atoms with Crippen LogP contribution in [0.5, 0.6) is 5.75 Å². The summed E-state index contributed by atoms with van der Waals surface area (Å²) in [6.07, 6.45) is 15.3. The van der Waals surface area contributed by atoms with Crippen LogP contribution < -0.4 is 4.74 Å². The van der Waals surface area contributed by atoms with E-state index in [1.807, 2.05) is 24.3 Å². The Morgan fingerprint density at radius 2 is 1.62 bits per heavy atom. The molecule has 4 heteroatoms. The van der Waals surface area contributed by atoms with Crippen molar-refractivity contribution in [3.05, 3.63) is 30.1 Å². The topological polar surface area (TPSA) is 48.2 Å². The van der Waals surface area contributed by atoms with E-state index in [9.17, 15) is 0 Å². The maximum Gasteiger partial charge on any atom is 0.257 e. The fraction of sp³-hybridized carbons (Fsp3) is 0.680. The normalized spacial score (nSPS) is 19.4. The SMILES string of the molecule is CCCCCCCOc1ccc(-c2nc(C3CCC(CCCC)CC3)no2)cc1. The van der Waals surface area contributed by atoms with E-state index >= 15 is 0 Å². The first-order chi connectivity index (χ1) is 14.3. The van der Waals surface area contributed by atoms with E-state index in [1.165, 1.54) is 70.6 Å². The highest BCUT2D eigenvalue weighted by Gasteiger charge is 2.25. The summed E-state index contributed by atoms with van der Waals surface area (Å²) in [5.41, 5.74) is 0.968. The molecule has 1 saturated carbocycles. The first-order valence-electron chi connectivity index (χ1n) is 11.9. The Hall–Kier alpha value is -1.84. The highest BCUT2D eigenvalue weighted by Crippen LogP contribution is 2.37. The molecule has 3 rings (SSSR count). The van der Waals surface area contributed by atoms with E-state index < -0.39 is 0 Å². The molecule has 1 heterocycles. The third-order valence-electron chi connectivity index (χ3n) is 6.24. The van der Waals surface area contributed by atoms with Gasteiger partial charge in [0.15, 0.2) is 5.82 Å².